The number of benzene rings is 2. The predicted octanol–water partition coefficient (Wildman–Crippen LogP) is 4.32. The molecule has 20 heavy (non-hydrogen) atoms. The standard InChI is InChI=1S/C15H13Cl2NO2/c1-20-15(19)14(18-11-5-3-2-4-6-11)12-8-7-10(16)9-13(12)17/h2-9,14,18H,1H3. The molecular weight excluding hydrogens is 297 g/mol. The highest BCUT2D eigenvalue weighted by Crippen LogP contribution is 2.29. The van der Waals surface area contributed by atoms with Gasteiger partial charge in [0.05, 0.1) is 7.11 Å². The van der Waals surface area contributed by atoms with E-state index >= 15 is 0 Å². The molecule has 104 valence electrons. The second kappa shape index (κ2) is 6.64. The zero-order valence-corrected chi connectivity index (χ0v) is 12.3. The highest BCUT2D eigenvalue weighted by molar-refractivity contribution is 6.35. The maximum absolute atomic E-state index is 12.0. The first-order chi connectivity index (χ1) is 9.61. The predicted molar refractivity (Wildman–Crippen MR) is 81.3 cm³/mol. The summed E-state index contributed by atoms with van der Waals surface area (Å²) in [5, 5.41) is 4.03. The third-order valence-corrected chi connectivity index (χ3v) is 3.36. The fraction of sp³-hybridized carbons (Fsp3) is 0.133. The van der Waals surface area contributed by atoms with Gasteiger partial charge in [0.15, 0.2) is 6.04 Å². The summed E-state index contributed by atoms with van der Waals surface area (Å²) in [7, 11) is 1.34. The van der Waals surface area contributed by atoms with Crippen molar-refractivity contribution >= 4 is 34.9 Å². The fourth-order valence-corrected chi connectivity index (χ4v) is 2.34. The van der Waals surface area contributed by atoms with Crippen LogP contribution in [-0.2, 0) is 9.53 Å². The molecule has 5 heteroatoms. The molecule has 2 rings (SSSR count). The Morgan fingerprint density at radius 2 is 1.85 bits per heavy atom. The summed E-state index contributed by atoms with van der Waals surface area (Å²) in [6.07, 6.45) is 0. The Morgan fingerprint density at radius 3 is 2.45 bits per heavy atom. The topological polar surface area (TPSA) is 38.3 Å². The van der Waals surface area contributed by atoms with E-state index in [2.05, 4.69) is 5.32 Å². The summed E-state index contributed by atoms with van der Waals surface area (Å²) in [5.41, 5.74) is 1.42. The third kappa shape index (κ3) is 3.44. The van der Waals surface area contributed by atoms with Gasteiger partial charge >= 0.3 is 5.97 Å². The highest BCUT2D eigenvalue weighted by atomic mass is 35.5. The number of nitrogens with one attached hydrogen (secondary N) is 1. The number of hydrogen-bond donors (Lipinski definition) is 1. The number of ether oxygens (including phenoxy) is 1. The fourth-order valence-electron chi connectivity index (χ4n) is 1.82. The second-order valence-corrected chi connectivity index (χ2v) is 4.98. The first kappa shape index (κ1) is 14.7. The monoisotopic (exact) mass is 309 g/mol. The quantitative estimate of drug-likeness (QED) is 0.855. The zero-order valence-electron chi connectivity index (χ0n) is 10.8. The van der Waals surface area contributed by atoms with Crippen LogP contribution in [0.5, 0.6) is 0 Å². The molecule has 3 nitrogen and oxygen atoms in total. The Hall–Kier alpha value is -1.71. The van der Waals surface area contributed by atoms with E-state index in [1.54, 1.807) is 18.2 Å². The molecule has 0 aromatic heterocycles. The van der Waals surface area contributed by atoms with E-state index in [0.29, 0.717) is 15.6 Å². The lowest BCUT2D eigenvalue weighted by Gasteiger charge is -2.19. The minimum atomic E-state index is -0.688. The van der Waals surface area contributed by atoms with Crippen LogP contribution >= 0.6 is 23.2 Å². The molecule has 1 unspecified atom stereocenters. The normalized spacial score (nSPS) is 11.8. The number of carbonyl (C=O) groups excluding carboxylic acids is 1. The molecule has 0 saturated carbocycles. The molecule has 0 aliphatic heterocycles. The van der Waals surface area contributed by atoms with Crippen molar-refractivity contribution in [2.45, 2.75) is 6.04 Å². The maximum Gasteiger partial charge on any atom is 0.333 e. The molecule has 0 fully saturated rings. The minimum Gasteiger partial charge on any atom is -0.467 e. The van der Waals surface area contributed by atoms with Crippen LogP contribution in [0.25, 0.3) is 0 Å². The first-order valence-corrected chi connectivity index (χ1v) is 6.72. The Labute approximate surface area is 127 Å². The van der Waals surface area contributed by atoms with Gasteiger partial charge in [-0.1, -0.05) is 47.5 Å². The van der Waals surface area contributed by atoms with E-state index in [1.165, 1.54) is 7.11 Å². The Morgan fingerprint density at radius 1 is 1.15 bits per heavy atom. The van der Waals surface area contributed by atoms with Gasteiger partial charge in [0, 0.05) is 21.3 Å². The Bertz CT molecular complexity index is 602. The number of rotatable bonds is 4. The summed E-state index contributed by atoms with van der Waals surface area (Å²) in [4.78, 5) is 12.0. The lowest BCUT2D eigenvalue weighted by Crippen LogP contribution is -2.22. The van der Waals surface area contributed by atoms with Gasteiger partial charge < -0.3 is 10.1 Å². The Balaban J connectivity index is 2.35. The summed E-state index contributed by atoms with van der Waals surface area (Å²) in [6, 6.07) is 13.7. The van der Waals surface area contributed by atoms with Crippen molar-refractivity contribution in [3.8, 4) is 0 Å². The van der Waals surface area contributed by atoms with E-state index in [9.17, 15) is 4.79 Å². The van der Waals surface area contributed by atoms with E-state index in [0.717, 1.165) is 5.69 Å². The molecular formula is C15H13Cl2NO2. The second-order valence-electron chi connectivity index (χ2n) is 4.13. The molecule has 2 aromatic carbocycles. The molecule has 0 aliphatic rings. The summed E-state index contributed by atoms with van der Waals surface area (Å²) in [5.74, 6) is -0.418. The number of para-hydroxylation sites is 1. The number of methoxy groups -OCH3 is 1. The van der Waals surface area contributed by atoms with Crippen molar-refractivity contribution in [1.82, 2.24) is 0 Å². The van der Waals surface area contributed by atoms with Gasteiger partial charge in [-0.25, -0.2) is 4.79 Å². The molecule has 2 aromatic rings. The molecule has 1 atom stereocenters. The van der Waals surface area contributed by atoms with E-state index in [4.69, 9.17) is 27.9 Å². The largest absolute Gasteiger partial charge is 0.467 e. The molecule has 0 saturated heterocycles. The number of anilines is 1. The van der Waals surface area contributed by atoms with E-state index in [-0.39, 0.29) is 0 Å². The molecule has 0 spiro atoms. The van der Waals surface area contributed by atoms with Crippen LogP contribution in [-0.4, -0.2) is 13.1 Å². The Kier molecular flexibility index (Phi) is 4.88. The van der Waals surface area contributed by atoms with Gasteiger partial charge in [-0.05, 0) is 24.3 Å². The molecule has 1 N–H and O–H groups in total. The maximum atomic E-state index is 12.0. The van der Waals surface area contributed by atoms with Crippen molar-refractivity contribution in [3.63, 3.8) is 0 Å². The van der Waals surface area contributed by atoms with Gasteiger partial charge in [0.1, 0.15) is 0 Å². The van der Waals surface area contributed by atoms with Gasteiger partial charge in [0.2, 0.25) is 0 Å². The molecule has 0 heterocycles. The smallest absolute Gasteiger partial charge is 0.333 e. The molecule has 0 amide bonds. The van der Waals surface area contributed by atoms with Crippen LogP contribution in [0.15, 0.2) is 48.5 Å². The number of hydrogen-bond acceptors (Lipinski definition) is 3. The summed E-state index contributed by atoms with van der Waals surface area (Å²) < 4.78 is 4.83. The van der Waals surface area contributed by atoms with Crippen molar-refractivity contribution in [3.05, 3.63) is 64.1 Å². The van der Waals surface area contributed by atoms with Crippen LogP contribution in [0.1, 0.15) is 11.6 Å². The molecule has 0 radical (unpaired) electrons. The summed E-state index contributed by atoms with van der Waals surface area (Å²) in [6.45, 7) is 0. The van der Waals surface area contributed by atoms with Crippen LogP contribution in [0.3, 0.4) is 0 Å². The number of halogens is 2. The third-order valence-electron chi connectivity index (χ3n) is 2.80. The molecule has 0 aliphatic carbocycles. The van der Waals surface area contributed by atoms with Crippen molar-refractivity contribution in [2.75, 3.05) is 12.4 Å². The zero-order chi connectivity index (χ0) is 14.5. The van der Waals surface area contributed by atoms with Gasteiger partial charge in [-0.3, -0.25) is 0 Å². The average Bonchev–Trinajstić information content (AvgIpc) is 2.46. The van der Waals surface area contributed by atoms with Crippen LogP contribution < -0.4 is 5.32 Å². The highest BCUT2D eigenvalue weighted by Gasteiger charge is 2.23. The van der Waals surface area contributed by atoms with Gasteiger partial charge in [0.25, 0.3) is 0 Å². The van der Waals surface area contributed by atoms with E-state index < -0.39 is 12.0 Å². The first-order valence-electron chi connectivity index (χ1n) is 5.96. The summed E-state index contributed by atoms with van der Waals surface area (Å²) >= 11 is 12.0. The number of carbonyl (C=O) groups is 1. The van der Waals surface area contributed by atoms with Crippen LogP contribution in [0.4, 0.5) is 5.69 Å². The minimum absolute atomic E-state index is 0.413. The average molecular weight is 310 g/mol. The lowest BCUT2D eigenvalue weighted by atomic mass is 10.1. The van der Waals surface area contributed by atoms with Crippen molar-refractivity contribution < 1.29 is 9.53 Å². The van der Waals surface area contributed by atoms with Crippen LogP contribution in [0.2, 0.25) is 10.0 Å². The lowest BCUT2D eigenvalue weighted by molar-refractivity contribution is -0.141. The van der Waals surface area contributed by atoms with Crippen molar-refractivity contribution in [2.24, 2.45) is 0 Å². The number of esters is 1. The van der Waals surface area contributed by atoms with Gasteiger partial charge in [-0.2, -0.15) is 0 Å². The van der Waals surface area contributed by atoms with E-state index in [1.807, 2.05) is 30.3 Å². The van der Waals surface area contributed by atoms with Gasteiger partial charge in [-0.15, -0.1) is 0 Å². The SMILES string of the molecule is COC(=O)C(Nc1ccccc1)c1ccc(Cl)cc1Cl. The molecule has 0 bridgehead atoms. The van der Waals surface area contributed by atoms with Crippen LogP contribution in [0, 0.1) is 0 Å². The van der Waals surface area contributed by atoms with Crippen molar-refractivity contribution in [1.29, 1.82) is 0 Å².